The second kappa shape index (κ2) is 9.12. The van der Waals surface area contributed by atoms with Crippen LogP contribution in [0.4, 0.5) is 13.6 Å². The molecule has 2 aromatic rings. The molecule has 0 heterocycles. The van der Waals surface area contributed by atoms with E-state index in [4.69, 9.17) is 9.84 Å². The zero-order chi connectivity index (χ0) is 19.1. The number of phenols is 1. The number of halogens is 2. The van der Waals surface area contributed by atoms with Crippen LogP contribution in [0.25, 0.3) is 0 Å². The van der Waals surface area contributed by atoms with Gasteiger partial charge < -0.3 is 25.4 Å². The molecule has 1 amide bonds. The summed E-state index contributed by atoms with van der Waals surface area (Å²) in [6.45, 7) is 0.0683. The number of aliphatic hydroxyl groups excluding tert-OH is 2. The van der Waals surface area contributed by atoms with Crippen LogP contribution in [-0.2, 0) is 11.3 Å². The molecule has 0 aliphatic heterocycles. The van der Waals surface area contributed by atoms with Crippen molar-refractivity contribution in [3.8, 4) is 5.75 Å². The van der Waals surface area contributed by atoms with Gasteiger partial charge in [0.1, 0.15) is 12.7 Å². The van der Waals surface area contributed by atoms with Crippen LogP contribution >= 0.6 is 0 Å². The Morgan fingerprint density at radius 2 is 1.73 bits per heavy atom. The van der Waals surface area contributed by atoms with Gasteiger partial charge in [0.05, 0.1) is 6.10 Å². The number of phenolic OH excluding ortho intramolecular Hbond substituents is 1. The van der Waals surface area contributed by atoms with E-state index in [1.165, 1.54) is 0 Å². The molecule has 2 atom stereocenters. The van der Waals surface area contributed by atoms with Crippen molar-refractivity contribution in [1.82, 2.24) is 5.32 Å². The lowest BCUT2D eigenvalue weighted by atomic mass is 10.0. The molecule has 6 nitrogen and oxygen atoms in total. The Kier molecular flexibility index (Phi) is 6.88. The Morgan fingerprint density at radius 1 is 1.12 bits per heavy atom. The molecule has 0 spiro atoms. The van der Waals surface area contributed by atoms with Crippen molar-refractivity contribution >= 4 is 6.09 Å². The lowest BCUT2D eigenvalue weighted by Gasteiger charge is -2.18. The SMILES string of the molecule is O=C(NCCC(O)C(O)c1cc(F)c(O)c(F)c1)OCc1ccccc1. The summed E-state index contributed by atoms with van der Waals surface area (Å²) in [5.41, 5.74) is 0.589. The molecular formula is C18H19F2NO5. The van der Waals surface area contributed by atoms with Crippen LogP contribution in [0.1, 0.15) is 23.7 Å². The van der Waals surface area contributed by atoms with Gasteiger partial charge in [-0.1, -0.05) is 30.3 Å². The van der Waals surface area contributed by atoms with Gasteiger partial charge in [0.25, 0.3) is 0 Å². The number of hydrogen-bond acceptors (Lipinski definition) is 5. The van der Waals surface area contributed by atoms with Crippen molar-refractivity contribution in [2.75, 3.05) is 6.54 Å². The molecular weight excluding hydrogens is 348 g/mol. The highest BCUT2D eigenvalue weighted by Crippen LogP contribution is 2.27. The Morgan fingerprint density at radius 3 is 2.35 bits per heavy atom. The third kappa shape index (κ3) is 5.40. The molecule has 0 aliphatic carbocycles. The van der Waals surface area contributed by atoms with Crippen LogP contribution in [0.3, 0.4) is 0 Å². The molecule has 0 radical (unpaired) electrons. The normalized spacial score (nSPS) is 13.1. The number of hydrogen-bond donors (Lipinski definition) is 4. The summed E-state index contributed by atoms with van der Waals surface area (Å²) in [5, 5.41) is 31.3. The number of amides is 1. The number of aliphatic hydroxyl groups is 2. The molecule has 0 fully saturated rings. The van der Waals surface area contributed by atoms with E-state index in [2.05, 4.69) is 5.32 Å². The first-order chi connectivity index (χ1) is 12.4. The summed E-state index contributed by atoms with van der Waals surface area (Å²) in [4.78, 5) is 11.6. The fourth-order valence-corrected chi connectivity index (χ4v) is 2.23. The van der Waals surface area contributed by atoms with Gasteiger partial charge in [0, 0.05) is 6.54 Å². The number of nitrogens with one attached hydrogen (secondary N) is 1. The summed E-state index contributed by atoms with van der Waals surface area (Å²) < 4.78 is 31.6. The van der Waals surface area contributed by atoms with Crippen molar-refractivity contribution in [3.05, 3.63) is 65.2 Å². The number of benzene rings is 2. The molecule has 8 heteroatoms. The number of carbonyl (C=O) groups is 1. The largest absolute Gasteiger partial charge is 0.503 e. The fraction of sp³-hybridized carbons (Fsp3) is 0.278. The maximum atomic E-state index is 13.3. The van der Waals surface area contributed by atoms with Gasteiger partial charge in [-0.25, -0.2) is 13.6 Å². The summed E-state index contributed by atoms with van der Waals surface area (Å²) in [6, 6.07) is 10.5. The van der Waals surface area contributed by atoms with Crippen molar-refractivity contribution < 1.29 is 33.6 Å². The highest BCUT2D eigenvalue weighted by Gasteiger charge is 2.21. The van der Waals surface area contributed by atoms with E-state index >= 15 is 0 Å². The minimum Gasteiger partial charge on any atom is -0.503 e. The molecule has 0 saturated heterocycles. The van der Waals surface area contributed by atoms with Gasteiger partial charge in [-0.2, -0.15) is 0 Å². The lowest BCUT2D eigenvalue weighted by Crippen LogP contribution is -2.29. The zero-order valence-corrected chi connectivity index (χ0v) is 13.7. The van der Waals surface area contributed by atoms with Gasteiger partial charge in [-0.3, -0.25) is 0 Å². The molecule has 0 saturated carbocycles. The van der Waals surface area contributed by atoms with Gasteiger partial charge in [0.2, 0.25) is 0 Å². The molecule has 2 aromatic carbocycles. The third-order valence-corrected chi connectivity index (χ3v) is 3.67. The van der Waals surface area contributed by atoms with Crippen LogP contribution in [-0.4, -0.2) is 34.1 Å². The summed E-state index contributed by atoms with van der Waals surface area (Å²) in [5.74, 6) is -3.64. The van der Waals surface area contributed by atoms with E-state index in [9.17, 15) is 23.8 Å². The molecule has 26 heavy (non-hydrogen) atoms. The monoisotopic (exact) mass is 367 g/mol. The Hall–Kier alpha value is -2.71. The smallest absolute Gasteiger partial charge is 0.407 e. The van der Waals surface area contributed by atoms with E-state index in [-0.39, 0.29) is 25.1 Å². The first-order valence-corrected chi connectivity index (χ1v) is 7.87. The van der Waals surface area contributed by atoms with Crippen molar-refractivity contribution in [1.29, 1.82) is 0 Å². The number of rotatable bonds is 7. The molecule has 140 valence electrons. The van der Waals surface area contributed by atoms with Crippen LogP contribution in [0, 0.1) is 11.6 Å². The predicted octanol–water partition coefficient (Wildman–Crippen LogP) is 2.38. The molecule has 4 N–H and O–H groups in total. The molecule has 2 rings (SSSR count). The fourth-order valence-electron chi connectivity index (χ4n) is 2.23. The van der Waals surface area contributed by atoms with Crippen LogP contribution in [0.15, 0.2) is 42.5 Å². The number of carbonyl (C=O) groups excluding carboxylic acids is 1. The van der Waals surface area contributed by atoms with Crippen molar-refractivity contribution in [3.63, 3.8) is 0 Å². The van der Waals surface area contributed by atoms with Crippen molar-refractivity contribution in [2.45, 2.75) is 25.2 Å². The van der Waals surface area contributed by atoms with Gasteiger partial charge in [0.15, 0.2) is 17.4 Å². The first kappa shape index (κ1) is 19.6. The number of ether oxygens (including phenoxy) is 1. The van der Waals surface area contributed by atoms with E-state index in [0.29, 0.717) is 0 Å². The van der Waals surface area contributed by atoms with E-state index in [1.54, 1.807) is 12.1 Å². The number of alkyl carbamates (subject to hydrolysis) is 1. The molecule has 0 aliphatic rings. The maximum absolute atomic E-state index is 13.3. The Labute approximate surface area is 148 Å². The third-order valence-electron chi connectivity index (χ3n) is 3.67. The second-order valence-electron chi connectivity index (χ2n) is 5.62. The maximum Gasteiger partial charge on any atom is 0.407 e. The quantitative estimate of drug-likeness (QED) is 0.602. The van der Waals surface area contributed by atoms with Gasteiger partial charge in [-0.15, -0.1) is 0 Å². The van der Waals surface area contributed by atoms with E-state index < -0.39 is 35.7 Å². The van der Waals surface area contributed by atoms with Crippen LogP contribution in [0.2, 0.25) is 0 Å². The Bertz CT molecular complexity index is 719. The molecule has 0 bridgehead atoms. The van der Waals surface area contributed by atoms with Crippen LogP contribution < -0.4 is 5.32 Å². The van der Waals surface area contributed by atoms with Gasteiger partial charge in [-0.05, 0) is 29.7 Å². The van der Waals surface area contributed by atoms with Gasteiger partial charge >= 0.3 is 6.09 Å². The predicted molar refractivity (Wildman–Crippen MR) is 88.2 cm³/mol. The van der Waals surface area contributed by atoms with Crippen LogP contribution in [0.5, 0.6) is 5.75 Å². The minimum atomic E-state index is -1.58. The highest BCUT2D eigenvalue weighted by molar-refractivity contribution is 5.67. The topological polar surface area (TPSA) is 99.0 Å². The Balaban J connectivity index is 1.77. The lowest BCUT2D eigenvalue weighted by molar-refractivity contribution is 0.0132. The summed E-state index contributed by atoms with van der Waals surface area (Å²) in [7, 11) is 0. The van der Waals surface area contributed by atoms with Crippen molar-refractivity contribution in [2.24, 2.45) is 0 Å². The average molecular weight is 367 g/mol. The molecule has 2 unspecified atom stereocenters. The first-order valence-electron chi connectivity index (χ1n) is 7.87. The average Bonchev–Trinajstić information content (AvgIpc) is 2.64. The summed E-state index contributed by atoms with van der Waals surface area (Å²) in [6.07, 6.45) is -3.74. The highest BCUT2D eigenvalue weighted by atomic mass is 19.1. The van der Waals surface area contributed by atoms with E-state index in [1.807, 2.05) is 18.2 Å². The standard InChI is InChI=1S/C18H19F2NO5/c19-13-8-12(9-14(20)17(13)24)16(23)15(22)6-7-21-18(25)26-10-11-4-2-1-3-5-11/h1-5,8-9,15-16,22-24H,6-7,10H2,(H,21,25). The number of aromatic hydroxyl groups is 1. The summed E-state index contributed by atoms with van der Waals surface area (Å²) >= 11 is 0. The second-order valence-corrected chi connectivity index (χ2v) is 5.62. The zero-order valence-electron chi connectivity index (χ0n) is 13.7. The molecule has 0 aromatic heterocycles. The van der Waals surface area contributed by atoms with E-state index in [0.717, 1.165) is 17.7 Å². The minimum absolute atomic E-state index is 0.0190.